The zero-order chi connectivity index (χ0) is 18.8. The minimum absolute atomic E-state index is 0. The van der Waals surface area contributed by atoms with Crippen LogP contribution in [0.15, 0.2) is 73.3 Å². The molecule has 1 aliphatic carbocycles. The number of aromatic nitrogens is 3. The van der Waals surface area contributed by atoms with Gasteiger partial charge >= 0.3 is 0 Å². The summed E-state index contributed by atoms with van der Waals surface area (Å²) in [6.07, 6.45) is 12.9. The summed E-state index contributed by atoms with van der Waals surface area (Å²) in [7, 11) is 0. The Bertz CT molecular complexity index is 1070. The number of benzene rings is 2. The zero-order valence-electron chi connectivity index (χ0n) is 16.0. The van der Waals surface area contributed by atoms with E-state index in [1.807, 2.05) is 48.7 Å². The summed E-state index contributed by atoms with van der Waals surface area (Å²) in [6.45, 7) is 0. The minimum Gasteiger partial charge on any atom is -0.457 e. The van der Waals surface area contributed by atoms with Gasteiger partial charge < -0.3 is 15.7 Å². The summed E-state index contributed by atoms with van der Waals surface area (Å²) in [5, 5.41) is 1.11. The second kappa shape index (κ2) is 8.81. The Kier molecular flexibility index (Phi) is 5.98. The van der Waals surface area contributed by atoms with Gasteiger partial charge in [-0.05, 0) is 29.8 Å². The summed E-state index contributed by atoms with van der Waals surface area (Å²) >= 11 is 0. The molecule has 148 valence electrons. The largest absolute Gasteiger partial charge is 0.457 e. The molecule has 5 rings (SSSR count). The van der Waals surface area contributed by atoms with Crippen LogP contribution in [0.4, 0.5) is 0 Å². The number of rotatable bonds is 4. The minimum atomic E-state index is 0. The van der Waals surface area contributed by atoms with Gasteiger partial charge in [0.2, 0.25) is 0 Å². The monoisotopic (exact) mass is 424 g/mol. The molecule has 1 aliphatic rings. The topological polar surface area (TPSA) is 39.9 Å². The molecule has 0 spiro atoms. The number of hydrogen-bond acceptors (Lipinski definition) is 3. The van der Waals surface area contributed by atoms with Crippen molar-refractivity contribution in [3.8, 4) is 22.6 Å². The third-order valence-electron chi connectivity index (χ3n) is 5.44. The maximum Gasteiger partial charge on any atom is 0.144 e. The Hall–Kier alpha value is -2.62. The van der Waals surface area contributed by atoms with Gasteiger partial charge in [0.05, 0.1) is 0 Å². The van der Waals surface area contributed by atoms with Crippen LogP contribution in [0.25, 0.3) is 22.2 Å². The van der Waals surface area contributed by atoms with Gasteiger partial charge in [0.25, 0.3) is 0 Å². The molecule has 1 fully saturated rings. The zero-order valence-corrected chi connectivity index (χ0v) is 17.1. The van der Waals surface area contributed by atoms with E-state index in [4.69, 9.17) is 4.74 Å². The van der Waals surface area contributed by atoms with Crippen molar-refractivity contribution in [2.24, 2.45) is 0 Å². The third kappa shape index (κ3) is 4.07. The standard InChI is InChI=1S/C24H22N3O.Fe/c1-3-7-19(8-4-1)27-16-23(22-15-25-17-26-24(22)27)18-11-13-21(14-12-18)28-20-9-5-2-6-10-20;/h1-2,5-6,9-17,19H,3-4,7-8H2;/q-1;. The second-order valence-electron chi connectivity index (χ2n) is 7.25. The van der Waals surface area contributed by atoms with E-state index in [9.17, 15) is 0 Å². The van der Waals surface area contributed by atoms with E-state index in [1.54, 1.807) is 6.33 Å². The molecule has 2 aromatic heterocycles. The molecule has 29 heavy (non-hydrogen) atoms. The van der Waals surface area contributed by atoms with E-state index >= 15 is 0 Å². The predicted molar refractivity (Wildman–Crippen MR) is 111 cm³/mol. The smallest absolute Gasteiger partial charge is 0.144 e. The van der Waals surface area contributed by atoms with Gasteiger partial charge in [-0.15, -0.1) is 0 Å². The van der Waals surface area contributed by atoms with Crippen molar-refractivity contribution in [2.75, 3.05) is 0 Å². The molecular weight excluding hydrogens is 402 g/mol. The molecule has 2 aromatic carbocycles. The molecule has 0 aliphatic heterocycles. The van der Waals surface area contributed by atoms with Crippen LogP contribution in [-0.2, 0) is 17.1 Å². The molecule has 0 N–H and O–H groups in total. The molecule has 5 heteroatoms. The average molecular weight is 424 g/mol. The maximum atomic E-state index is 5.92. The quantitative estimate of drug-likeness (QED) is 0.289. The first-order chi connectivity index (χ1) is 13.9. The van der Waals surface area contributed by atoms with Gasteiger partial charge in [-0.2, -0.15) is 12.8 Å². The van der Waals surface area contributed by atoms with Crippen LogP contribution in [0.3, 0.4) is 0 Å². The van der Waals surface area contributed by atoms with Crippen LogP contribution in [-0.4, -0.2) is 14.5 Å². The normalized spacial score (nSPS) is 14.5. The molecule has 0 atom stereocenters. The fourth-order valence-corrected chi connectivity index (χ4v) is 4.01. The Balaban J connectivity index is 0.00000205. The van der Waals surface area contributed by atoms with E-state index < -0.39 is 0 Å². The molecule has 2 heterocycles. The van der Waals surface area contributed by atoms with Crippen molar-refractivity contribution in [3.05, 3.63) is 79.7 Å². The molecule has 4 aromatic rings. The molecule has 0 bridgehead atoms. The number of para-hydroxylation sites is 1. The molecule has 4 nitrogen and oxygen atoms in total. The Morgan fingerprint density at radius 1 is 0.931 bits per heavy atom. The van der Waals surface area contributed by atoms with Gasteiger partial charge in [0, 0.05) is 46.5 Å². The third-order valence-corrected chi connectivity index (χ3v) is 5.44. The first kappa shape index (κ1) is 19.7. The number of nitrogens with zero attached hydrogens (tertiary/aromatic N) is 3. The first-order valence-electron chi connectivity index (χ1n) is 9.84. The van der Waals surface area contributed by atoms with Crippen molar-refractivity contribution in [1.82, 2.24) is 14.5 Å². The van der Waals surface area contributed by atoms with Crippen molar-refractivity contribution >= 4 is 11.0 Å². The fraction of sp³-hybridized carbons (Fsp3) is 0.208. The van der Waals surface area contributed by atoms with E-state index in [2.05, 4.69) is 39.3 Å². The molecule has 0 unspecified atom stereocenters. The maximum absolute atomic E-state index is 5.92. The predicted octanol–water partition coefficient (Wildman–Crippen LogP) is 6.21. The second-order valence-corrected chi connectivity index (χ2v) is 7.25. The fourth-order valence-electron chi connectivity index (χ4n) is 4.01. The number of fused-ring (bicyclic) bond motifs is 1. The summed E-state index contributed by atoms with van der Waals surface area (Å²) in [5.74, 6) is 1.67. The van der Waals surface area contributed by atoms with Crippen molar-refractivity contribution < 1.29 is 21.8 Å². The Morgan fingerprint density at radius 2 is 1.66 bits per heavy atom. The van der Waals surface area contributed by atoms with E-state index in [0.717, 1.165) is 28.1 Å². The number of hydrogen-bond donors (Lipinski definition) is 0. The van der Waals surface area contributed by atoms with Crippen LogP contribution >= 0.6 is 0 Å². The molecular formula is C24H22FeN3O-. The van der Waals surface area contributed by atoms with Gasteiger partial charge in [-0.25, -0.2) is 9.97 Å². The van der Waals surface area contributed by atoms with Crippen molar-refractivity contribution in [1.29, 1.82) is 0 Å². The number of ether oxygens (including phenoxy) is 1. The average Bonchev–Trinajstić information content (AvgIpc) is 3.15. The summed E-state index contributed by atoms with van der Waals surface area (Å²) in [6, 6.07) is 18.6. The van der Waals surface area contributed by atoms with Crippen molar-refractivity contribution in [3.63, 3.8) is 0 Å². The van der Waals surface area contributed by atoms with Crippen LogP contribution in [0.5, 0.6) is 11.5 Å². The molecule has 0 saturated heterocycles. The summed E-state index contributed by atoms with van der Waals surface area (Å²) in [4.78, 5) is 8.87. The molecule has 0 amide bonds. The molecule has 1 saturated carbocycles. The summed E-state index contributed by atoms with van der Waals surface area (Å²) in [5.41, 5.74) is 3.36. The van der Waals surface area contributed by atoms with E-state index in [-0.39, 0.29) is 17.1 Å². The summed E-state index contributed by atoms with van der Waals surface area (Å²) < 4.78 is 8.28. The van der Waals surface area contributed by atoms with Crippen LogP contribution < -0.4 is 4.74 Å². The van der Waals surface area contributed by atoms with Gasteiger partial charge in [0.1, 0.15) is 23.5 Å². The van der Waals surface area contributed by atoms with Crippen LogP contribution in [0, 0.1) is 6.42 Å². The SMILES string of the molecule is [Fe].c1ccc(Oc2ccc(-c3cn(C4CC[CH-]CC4)c4ncncc34)cc2)cc1. The Morgan fingerprint density at radius 3 is 2.41 bits per heavy atom. The van der Waals surface area contributed by atoms with Gasteiger partial charge in [-0.1, -0.05) is 43.2 Å². The van der Waals surface area contributed by atoms with Gasteiger partial charge in [-0.3, -0.25) is 0 Å². The van der Waals surface area contributed by atoms with Crippen molar-refractivity contribution in [2.45, 2.75) is 31.7 Å². The molecule has 0 radical (unpaired) electrons. The van der Waals surface area contributed by atoms with E-state index in [1.165, 1.54) is 31.2 Å². The van der Waals surface area contributed by atoms with Crippen LogP contribution in [0.1, 0.15) is 31.7 Å². The van der Waals surface area contributed by atoms with Crippen LogP contribution in [0.2, 0.25) is 0 Å². The Labute approximate surface area is 181 Å². The van der Waals surface area contributed by atoms with Gasteiger partial charge in [0.15, 0.2) is 0 Å². The first-order valence-corrected chi connectivity index (χ1v) is 9.84. The van der Waals surface area contributed by atoms with E-state index in [0.29, 0.717) is 6.04 Å².